The molecule has 0 spiro atoms. The van der Waals surface area contributed by atoms with E-state index in [1.807, 2.05) is 18.2 Å². The van der Waals surface area contributed by atoms with Crippen molar-refractivity contribution in [3.05, 3.63) is 59.2 Å². The maximum absolute atomic E-state index is 13.2. The van der Waals surface area contributed by atoms with Crippen molar-refractivity contribution >= 4 is 24.1 Å². The Labute approximate surface area is 470 Å². The molecule has 0 N–H and O–H groups in total. The molecule has 1 atom stereocenters. The molecule has 77 heavy (non-hydrogen) atoms. The standard InChI is InChI=1S/C65H113NO11/c1-7-13-17-21-24-25-26-27-28-29-30-31-32-33-37-42-61(67)74-54-57-51-58(55-75-62(68)44-43-60(41-36-20-16-10-4)77-65(70)73-50-40-47-66(11-5)12-6)53-59(52-57)56-76-63(69)45-46-64(71-48-38-34-22-18-14-8-2)72-49-39-35-23-19-15-9-3/h24-25,27-28,51-53,60,64H,7-23,26,29-50,54-56H2,1-6H3/b25-24-,28-27-. The zero-order chi connectivity index (χ0) is 56.1. The van der Waals surface area contributed by atoms with Crippen LogP contribution < -0.4 is 0 Å². The molecular weight excluding hydrogens is 971 g/mol. The fourth-order valence-electron chi connectivity index (χ4n) is 9.02. The molecule has 1 unspecified atom stereocenters. The van der Waals surface area contributed by atoms with E-state index in [0.717, 1.165) is 122 Å². The van der Waals surface area contributed by atoms with Gasteiger partial charge in [0, 0.05) is 39.0 Å². The minimum Gasteiger partial charge on any atom is -0.461 e. The molecule has 0 aliphatic carbocycles. The number of rotatable bonds is 54. The van der Waals surface area contributed by atoms with E-state index >= 15 is 0 Å². The topological polar surface area (TPSA) is 136 Å². The summed E-state index contributed by atoms with van der Waals surface area (Å²) in [6.45, 7) is 17.3. The molecule has 12 nitrogen and oxygen atoms in total. The zero-order valence-corrected chi connectivity index (χ0v) is 50.0. The van der Waals surface area contributed by atoms with E-state index < -0.39 is 24.5 Å². The lowest BCUT2D eigenvalue weighted by atomic mass is 10.1. The van der Waals surface area contributed by atoms with Gasteiger partial charge in [-0.3, -0.25) is 14.4 Å². The number of esters is 3. The molecule has 1 rings (SSSR count). The number of allylic oxidation sites excluding steroid dienone is 4. The van der Waals surface area contributed by atoms with Crippen molar-refractivity contribution in [2.45, 2.75) is 292 Å². The number of hydrogen-bond acceptors (Lipinski definition) is 12. The average molecular weight is 1080 g/mol. The van der Waals surface area contributed by atoms with Gasteiger partial charge in [0.25, 0.3) is 0 Å². The fourth-order valence-corrected chi connectivity index (χ4v) is 9.02. The normalized spacial score (nSPS) is 12.1. The second-order valence-corrected chi connectivity index (χ2v) is 21.0. The van der Waals surface area contributed by atoms with E-state index in [-0.39, 0.29) is 51.2 Å². The minimum absolute atomic E-state index is 0.00194. The van der Waals surface area contributed by atoms with Gasteiger partial charge in [0.2, 0.25) is 0 Å². The van der Waals surface area contributed by atoms with Crippen molar-refractivity contribution in [2.75, 3.05) is 39.5 Å². The third-order valence-corrected chi connectivity index (χ3v) is 13.9. The number of ether oxygens (including phenoxy) is 7. The van der Waals surface area contributed by atoms with Crippen molar-refractivity contribution in [1.29, 1.82) is 0 Å². The summed E-state index contributed by atoms with van der Waals surface area (Å²) < 4.78 is 40.8. The van der Waals surface area contributed by atoms with Crippen LogP contribution in [0.5, 0.6) is 0 Å². The SMILES string of the molecule is CCCCC/C=C\C/C=C\CCCCCCCC(=O)OCc1cc(COC(=O)CCC(CCCCCC)OC(=O)OCCCN(CC)CC)cc(COC(=O)CCC(OCCCCCCCC)OCCCCCCCC)c1. The van der Waals surface area contributed by atoms with Gasteiger partial charge >= 0.3 is 24.1 Å². The number of hydrogen-bond donors (Lipinski definition) is 0. The Morgan fingerprint density at radius 3 is 1.38 bits per heavy atom. The summed E-state index contributed by atoms with van der Waals surface area (Å²) in [6, 6.07) is 5.57. The van der Waals surface area contributed by atoms with E-state index in [0.29, 0.717) is 55.6 Å². The van der Waals surface area contributed by atoms with Gasteiger partial charge in [0.05, 0.1) is 13.0 Å². The van der Waals surface area contributed by atoms with Crippen LogP contribution in [0.4, 0.5) is 4.79 Å². The highest BCUT2D eigenvalue weighted by Gasteiger charge is 2.19. The van der Waals surface area contributed by atoms with Crippen LogP contribution in [-0.2, 0) is 67.4 Å². The van der Waals surface area contributed by atoms with Crippen LogP contribution in [0.15, 0.2) is 42.5 Å². The van der Waals surface area contributed by atoms with Crippen molar-refractivity contribution in [1.82, 2.24) is 4.90 Å². The Morgan fingerprint density at radius 1 is 0.429 bits per heavy atom. The molecule has 12 heteroatoms. The summed E-state index contributed by atoms with van der Waals surface area (Å²) >= 11 is 0. The van der Waals surface area contributed by atoms with Gasteiger partial charge in [0.15, 0.2) is 6.29 Å². The van der Waals surface area contributed by atoms with E-state index in [4.69, 9.17) is 33.2 Å². The first-order valence-corrected chi connectivity index (χ1v) is 31.3. The van der Waals surface area contributed by atoms with Gasteiger partial charge in [-0.05, 0) is 125 Å². The number of carbonyl (C=O) groups is 4. The molecule has 0 aromatic heterocycles. The Bertz CT molecular complexity index is 1610. The number of benzene rings is 1. The van der Waals surface area contributed by atoms with Crippen LogP contribution in [0.1, 0.15) is 277 Å². The second-order valence-electron chi connectivity index (χ2n) is 21.0. The van der Waals surface area contributed by atoms with Gasteiger partial charge in [0.1, 0.15) is 25.9 Å². The van der Waals surface area contributed by atoms with Crippen molar-refractivity contribution in [3.8, 4) is 0 Å². The quantitative estimate of drug-likeness (QED) is 0.0202. The van der Waals surface area contributed by atoms with Crippen LogP contribution in [-0.4, -0.2) is 80.8 Å². The predicted molar refractivity (Wildman–Crippen MR) is 313 cm³/mol. The molecule has 0 saturated carbocycles. The Kier molecular flexibility index (Phi) is 49.0. The molecule has 0 saturated heterocycles. The fraction of sp³-hybridized carbons (Fsp3) is 0.785. The summed E-state index contributed by atoms with van der Waals surface area (Å²) in [5.74, 6) is -1.05. The largest absolute Gasteiger partial charge is 0.508 e. The molecule has 1 aromatic rings. The van der Waals surface area contributed by atoms with Crippen molar-refractivity contribution in [3.63, 3.8) is 0 Å². The third-order valence-electron chi connectivity index (χ3n) is 13.9. The van der Waals surface area contributed by atoms with Crippen LogP contribution in [0, 0.1) is 0 Å². The summed E-state index contributed by atoms with van der Waals surface area (Å²) in [5.41, 5.74) is 2.08. The molecule has 0 aliphatic rings. The molecule has 444 valence electrons. The zero-order valence-electron chi connectivity index (χ0n) is 50.0. The van der Waals surface area contributed by atoms with Crippen molar-refractivity contribution < 1.29 is 52.3 Å². The lowest BCUT2D eigenvalue weighted by Gasteiger charge is -2.19. The average Bonchev–Trinajstić information content (AvgIpc) is 3.43. The first kappa shape index (κ1) is 71.3. The molecular formula is C65H113NO11. The monoisotopic (exact) mass is 1080 g/mol. The molecule has 0 amide bonds. The Hall–Kier alpha value is -3.74. The third kappa shape index (κ3) is 44.8. The van der Waals surface area contributed by atoms with E-state index in [1.54, 1.807) is 0 Å². The summed E-state index contributed by atoms with van der Waals surface area (Å²) in [6.07, 6.45) is 40.3. The van der Waals surface area contributed by atoms with Gasteiger partial charge in [-0.1, -0.05) is 181 Å². The second kappa shape index (κ2) is 52.9. The molecule has 0 heterocycles. The van der Waals surface area contributed by atoms with Gasteiger partial charge in [-0.15, -0.1) is 0 Å². The van der Waals surface area contributed by atoms with Gasteiger partial charge < -0.3 is 38.1 Å². The van der Waals surface area contributed by atoms with E-state index in [9.17, 15) is 19.2 Å². The lowest BCUT2D eigenvalue weighted by molar-refractivity contribution is -0.160. The maximum Gasteiger partial charge on any atom is 0.508 e. The summed E-state index contributed by atoms with van der Waals surface area (Å²) in [5, 5.41) is 0. The predicted octanol–water partition coefficient (Wildman–Crippen LogP) is 17.5. The van der Waals surface area contributed by atoms with E-state index in [2.05, 4.69) is 70.7 Å². The van der Waals surface area contributed by atoms with E-state index in [1.165, 1.54) is 77.0 Å². The van der Waals surface area contributed by atoms with Crippen LogP contribution >= 0.6 is 0 Å². The molecule has 0 aliphatic heterocycles. The minimum atomic E-state index is -0.705. The lowest BCUT2D eigenvalue weighted by Crippen LogP contribution is -2.26. The summed E-state index contributed by atoms with van der Waals surface area (Å²) in [7, 11) is 0. The van der Waals surface area contributed by atoms with Gasteiger partial charge in [-0.2, -0.15) is 0 Å². The van der Waals surface area contributed by atoms with Crippen LogP contribution in [0.2, 0.25) is 0 Å². The first-order chi connectivity index (χ1) is 37.7. The first-order valence-electron chi connectivity index (χ1n) is 31.3. The maximum atomic E-state index is 13.2. The van der Waals surface area contributed by atoms with Crippen LogP contribution in [0.25, 0.3) is 0 Å². The smallest absolute Gasteiger partial charge is 0.461 e. The number of carbonyl (C=O) groups excluding carboxylic acids is 4. The number of unbranched alkanes of at least 4 members (excludes halogenated alkanes) is 21. The highest BCUT2D eigenvalue weighted by molar-refractivity contribution is 5.70. The molecule has 0 fully saturated rings. The molecule has 1 aromatic carbocycles. The van der Waals surface area contributed by atoms with Crippen LogP contribution in [0.3, 0.4) is 0 Å². The van der Waals surface area contributed by atoms with Crippen molar-refractivity contribution in [2.24, 2.45) is 0 Å². The Morgan fingerprint density at radius 2 is 0.857 bits per heavy atom. The summed E-state index contributed by atoms with van der Waals surface area (Å²) in [4.78, 5) is 54.3. The number of nitrogens with zero attached hydrogens (tertiary/aromatic N) is 1. The molecule has 0 radical (unpaired) electrons. The highest BCUT2D eigenvalue weighted by Crippen LogP contribution is 2.20. The highest BCUT2D eigenvalue weighted by atomic mass is 16.7. The Balaban J connectivity index is 2.92. The molecule has 0 bridgehead atoms. The van der Waals surface area contributed by atoms with Gasteiger partial charge in [-0.25, -0.2) is 4.79 Å².